The molecule has 0 amide bonds. The molecule has 25 heavy (non-hydrogen) atoms. The Balaban J connectivity index is 2.81. The summed E-state index contributed by atoms with van der Waals surface area (Å²) in [6.45, 7) is 4.57. The lowest BCUT2D eigenvalue weighted by atomic mass is 10.1. The van der Waals surface area contributed by atoms with Crippen molar-refractivity contribution in [2.45, 2.75) is 39.4 Å². The van der Waals surface area contributed by atoms with Gasteiger partial charge in [0.25, 0.3) is 0 Å². The normalized spacial score (nSPS) is 11.8. The van der Waals surface area contributed by atoms with Crippen LogP contribution in [0.25, 0.3) is 0 Å². The molecule has 0 aliphatic carbocycles. The van der Waals surface area contributed by atoms with Crippen molar-refractivity contribution in [3.63, 3.8) is 0 Å². The van der Waals surface area contributed by atoms with E-state index in [1.807, 2.05) is 0 Å². The van der Waals surface area contributed by atoms with Crippen LogP contribution in [0.15, 0.2) is 18.2 Å². The van der Waals surface area contributed by atoms with Gasteiger partial charge in [0.2, 0.25) is 0 Å². The molecule has 0 atom stereocenters. The Hall–Kier alpha value is -2.20. The van der Waals surface area contributed by atoms with Crippen LogP contribution in [0.1, 0.15) is 31.9 Å². The molecule has 0 unspecified atom stereocenters. The molecule has 1 aromatic rings. The van der Waals surface area contributed by atoms with Crippen molar-refractivity contribution in [2.75, 3.05) is 6.61 Å². The van der Waals surface area contributed by atoms with Crippen molar-refractivity contribution in [1.29, 1.82) is 0 Å². The average molecular weight is 378 g/mol. The summed E-state index contributed by atoms with van der Waals surface area (Å²) < 4.78 is 48.1. The van der Waals surface area contributed by atoms with E-state index in [2.05, 4.69) is 4.18 Å². The van der Waals surface area contributed by atoms with E-state index in [-0.39, 0.29) is 18.8 Å². The van der Waals surface area contributed by atoms with Gasteiger partial charge in [-0.05, 0) is 44.0 Å². The van der Waals surface area contributed by atoms with Crippen LogP contribution in [-0.2, 0) is 42.6 Å². The highest BCUT2D eigenvalue weighted by Crippen LogP contribution is 2.21. The molecule has 0 radical (unpaired) electrons. The zero-order valence-corrected chi connectivity index (χ0v) is 14.8. The lowest BCUT2D eigenvalue weighted by Crippen LogP contribution is -2.26. The fraction of sp³-hybridized carbons (Fsp3) is 0.467. The summed E-state index contributed by atoms with van der Waals surface area (Å²) in [6, 6.07) is 3.67. The summed E-state index contributed by atoms with van der Waals surface area (Å²) in [5.74, 6) is -2.16. The van der Waals surface area contributed by atoms with E-state index in [0.717, 1.165) is 12.1 Å². The van der Waals surface area contributed by atoms with E-state index >= 15 is 0 Å². The molecule has 1 aromatic carbocycles. The number of halogens is 1. The lowest BCUT2D eigenvalue weighted by Gasteiger charge is -2.19. The second kappa shape index (κ2) is 8.26. The van der Waals surface area contributed by atoms with Crippen LogP contribution in [0.2, 0.25) is 0 Å². The number of carboxylic acids is 1. The first-order chi connectivity index (χ1) is 11.3. The molecule has 1 N–H and O–H groups in total. The van der Waals surface area contributed by atoms with Crippen LogP contribution in [0, 0.1) is 0 Å². The van der Waals surface area contributed by atoms with Gasteiger partial charge in [0.1, 0.15) is 18.0 Å². The van der Waals surface area contributed by atoms with Crippen LogP contribution in [0.5, 0.6) is 5.75 Å². The van der Waals surface area contributed by atoms with Crippen molar-refractivity contribution in [1.82, 2.24) is 0 Å². The summed E-state index contributed by atoms with van der Waals surface area (Å²) in [6.07, 6.45) is -0.428. The summed E-state index contributed by atoms with van der Waals surface area (Å²) in [4.78, 5) is 22.3. The third-order valence-corrected chi connectivity index (χ3v) is 2.88. The predicted octanol–water partition coefficient (Wildman–Crippen LogP) is 1.77. The fourth-order valence-electron chi connectivity index (χ4n) is 1.87. The molecule has 140 valence electrons. The van der Waals surface area contributed by atoms with Crippen molar-refractivity contribution in [3.8, 4) is 5.75 Å². The molecule has 0 saturated carbocycles. The number of carboxylic acid groups (broad SMARTS) is 1. The number of benzene rings is 1. The van der Waals surface area contributed by atoms with E-state index in [1.165, 1.54) is 6.07 Å². The number of ether oxygens (including phenoxy) is 2. The zero-order chi connectivity index (χ0) is 19.3. The summed E-state index contributed by atoms with van der Waals surface area (Å²) in [5.41, 5.74) is -0.177. The number of aliphatic carboxylic acids is 1. The fourth-order valence-corrected chi connectivity index (χ4v) is 2.20. The minimum atomic E-state index is -5.26. The highest BCUT2D eigenvalue weighted by molar-refractivity contribution is 7.81. The van der Waals surface area contributed by atoms with Crippen molar-refractivity contribution in [2.24, 2.45) is 0 Å². The zero-order valence-electron chi connectivity index (χ0n) is 13.9. The van der Waals surface area contributed by atoms with E-state index < -0.39 is 40.2 Å². The summed E-state index contributed by atoms with van der Waals surface area (Å²) in [5, 5.41) is 8.81. The molecule has 8 nitrogen and oxygen atoms in total. The number of hydrogen-bond acceptors (Lipinski definition) is 7. The minimum absolute atomic E-state index is 0.157. The molecule has 10 heteroatoms. The third-order valence-electron chi connectivity index (χ3n) is 2.49. The second-order valence-electron chi connectivity index (χ2n) is 6.11. The van der Waals surface area contributed by atoms with Gasteiger partial charge in [-0.2, -0.15) is 8.42 Å². The van der Waals surface area contributed by atoms with Gasteiger partial charge in [0.15, 0.2) is 0 Å². The van der Waals surface area contributed by atoms with E-state index in [1.54, 1.807) is 20.8 Å². The first kappa shape index (κ1) is 20.8. The molecule has 0 aliphatic heterocycles. The number of carbonyl (C=O) groups is 2. The Labute approximate surface area is 144 Å². The van der Waals surface area contributed by atoms with Gasteiger partial charge >= 0.3 is 22.4 Å². The van der Waals surface area contributed by atoms with E-state index in [9.17, 15) is 21.9 Å². The highest BCUT2D eigenvalue weighted by atomic mass is 32.3. The van der Waals surface area contributed by atoms with Gasteiger partial charge in [-0.3, -0.25) is 4.79 Å². The van der Waals surface area contributed by atoms with E-state index in [4.69, 9.17) is 14.6 Å². The molecular weight excluding hydrogens is 359 g/mol. The molecule has 0 fully saturated rings. The first-order valence-corrected chi connectivity index (χ1v) is 8.43. The Morgan fingerprint density at radius 3 is 2.28 bits per heavy atom. The minimum Gasteiger partial charge on any atom is -0.481 e. The topological polar surface area (TPSA) is 116 Å². The van der Waals surface area contributed by atoms with Crippen molar-refractivity contribution < 1.29 is 40.7 Å². The molecule has 0 aromatic heterocycles. The van der Waals surface area contributed by atoms with Crippen molar-refractivity contribution >= 4 is 22.4 Å². The van der Waals surface area contributed by atoms with Crippen LogP contribution in [-0.4, -0.2) is 37.7 Å². The van der Waals surface area contributed by atoms with Crippen molar-refractivity contribution in [3.05, 3.63) is 29.3 Å². The SMILES string of the molecule is CC(C)(C)OC(=O)COCc1cc(CC(=O)O)cc(OS(=O)(=O)F)c1. The average Bonchev–Trinajstić information content (AvgIpc) is 2.32. The quantitative estimate of drug-likeness (QED) is 0.537. The van der Waals surface area contributed by atoms with Gasteiger partial charge in [0.05, 0.1) is 13.0 Å². The molecule has 0 heterocycles. The number of rotatable bonds is 8. The van der Waals surface area contributed by atoms with Crippen LogP contribution in [0.3, 0.4) is 0 Å². The smallest absolute Gasteiger partial charge is 0.481 e. The standard InChI is InChI=1S/C15H19FO8S/c1-15(2,3)23-14(19)9-22-8-11-4-10(7-13(17)18)5-12(6-11)24-25(16,20)21/h4-6H,7-9H2,1-3H3,(H,17,18). The maximum Gasteiger partial charge on any atom is 0.488 e. The maximum absolute atomic E-state index is 12.7. The molecule has 0 bridgehead atoms. The molecule has 0 spiro atoms. The van der Waals surface area contributed by atoms with Crippen LogP contribution < -0.4 is 4.18 Å². The monoisotopic (exact) mass is 378 g/mol. The number of hydrogen-bond donors (Lipinski definition) is 1. The lowest BCUT2D eigenvalue weighted by molar-refractivity contribution is -0.160. The highest BCUT2D eigenvalue weighted by Gasteiger charge is 2.17. The third kappa shape index (κ3) is 9.62. The molecule has 1 rings (SSSR count). The summed E-state index contributed by atoms with van der Waals surface area (Å²) in [7, 11) is -5.26. The molecule has 0 aliphatic rings. The van der Waals surface area contributed by atoms with Gasteiger partial charge in [-0.15, -0.1) is 0 Å². The number of carbonyl (C=O) groups excluding carboxylic acids is 1. The van der Waals surface area contributed by atoms with Gasteiger partial charge < -0.3 is 18.8 Å². The molecular formula is C15H19FO8S. The first-order valence-electron chi connectivity index (χ1n) is 7.12. The van der Waals surface area contributed by atoms with E-state index in [0.29, 0.717) is 5.56 Å². The van der Waals surface area contributed by atoms with Gasteiger partial charge in [-0.1, -0.05) is 9.95 Å². The second-order valence-corrected chi connectivity index (χ2v) is 7.06. The number of esters is 1. The Bertz CT molecular complexity index is 736. The van der Waals surface area contributed by atoms with Gasteiger partial charge in [-0.25, -0.2) is 4.79 Å². The van der Waals surface area contributed by atoms with Crippen LogP contribution >= 0.6 is 0 Å². The predicted molar refractivity (Wildman–Crippen MR) is 83.9 cm³/mol. The Morgan fingerprint density at radius 2 is 1.76 bits per heavy atom. The molecule has 0 saturated heterocycles. The Morgan fingerprint density at radius 1 is 1.16 bits per heavy atom. The summed E-state index contributed by atoms with van der Waals surface area (Å²) >= 11 is 0. The largest absolute Gasteiger partial charge is 0.488 e. The Kier molecular flexibility index (Phi) is 6.88. The van der Waals surface area contributed by atoms with Crippen LogP contribution in [0.4, 0.5) is 3.89 Å². The maximum atomic E-state index is 12.7. The van der Waals surface area contributed by atoms with Gasteiger partial charge in [0, 0.05) is 0 Å².